The van der Waals surface area contributed by atoms with Crippen LogP contribution in [0.5, 0.6) is 23.0 Å². The molecule has 0 aliphatic rings. The first-order chi connectivity index (χ1) is 10.5. The predicted molar refractivity (Wildman–Crippen MR) is 79.5 cm³/mol. The Kier molecular flexibility index (Phi) is 3.14. The summed E-state index contributed by atoms with van der Waals surface area (Å²) in [4.78, 5) is 12.3. The van der Waals surface area contributed by atoms with Gasteiger partial charge >= 0.3 is 0 Å². The summed E-state index contributed by atoms with van der Waals surface area (Å²) in [7, 11) is 1.23. The summed E-state index contributed by atoms with van der Waals surface area (Å²) >= 11 is 0. The summed E-state index contributed by atoms with van der Waals surface area (Å²) in [5.41, 5.74) is -0.131. The molecule has 0 unspecified atom stereocenters. The summed E-state index contributed by atoms with van der Waals surface area (Å²) < 4.78 is 10.5. The van der Waals surface area contributed by atoms with E-state index in [2.05, 4.69) is 0 Å². The van der Waals surface area contributed by atoms with E-state index in [1.54, 1.807) is 24.3 Å². The minimum Gasteiger partial charge on any atom is -0.502 e. The van der Waals surface area contributed by atoms with Crippen LogP contribution in [0.1, 0.15) is 0 Å². The van der Waals surface area contributed by atoms with Gasteiger partial charge in [0.2, 0.25) is 17.2 Å². The summed E-state index contributed by atoms with van der Waals surface area (Å²) in [6.45, 7) is 0. The Morgan fingerprint density at radius 1 is 1.00 bits per heavy atom. The maximum absolute atomic E-state index is 12.3. The Morgan fingerprint density at radius 2 is 1.68 bits per heavy atom. The van der Waals surface area contributed by atoms with E-state index in [1.165, 1.54) is 13.2 Å². The first-order valence-electron chi connectivity index (χ1n) is 6.38. The van der Waals surface area contributed by atoms with E-state index >= 15 is 0 Å². The topological polar surface area (TPSA) is 100 Å². The van der Waals surface area contributed by atoms with Crippen LogP contribution in [-0.2, 0) is 0 Å². The molecule has 0 saturated heterocycles. The molecule has 112 valence electrons. The maximum Gasteiger partial charge on any atom is 0.208 e. The van der Waals surface area contributed by atoms with Gasteiger partial charge in [-0.25, -0.2) is 0 Å². The van der Waals surface area contributed by atoms with Gasteiger partial charge in [-0.1, -0.05) is 30.3 Å². The molecule has 3 rings (SSSR count). The van der Waals surface area contributed by atoms with E-state index in [0.717, 1.165) is 0 Å². The van der Waals surface area contributed by atoms with Crippen molar-refractivity contribution in [2.24, 2.45) is 0 Å². The zero-order chi connectivity index (χ0) is 15.9. The van der Waals surface area contributed by atoms with Crippen molar-refractivity contribution in [3.8, 4) is 34.3 Å². The Hall–Kier alpha value is -3.15. The van der Waals surface area contributed by atoms with Crippen molar-refractivity contribution in [3.05, 3.63) is 46.6 Å². The Labute approximate surface area is 124 Å². The molecule has 2 aromatic carbocycles. The van der Waals surface area contributed by atoms with Crippen LogP contribution in [-0.4, -0.2) is 22.4 Å². The minimum atomic E-state index is -0.808. The summed E-state index contributed by atoms with van der Waals surface area (Å²) in [5, 5.41) is 29.3. The highest BCUT2D eigenvalue weighted by atomic mass is 16.5. The van der Waals surface area contributed by atoms with Gasteiger partial charge in [0.15, 0.2) is 16.8 Å². The fourth-order valence-electron chi connectivity index (χ4n) is 2.26. The number of phenolic OH excluding ortho intramolecular Hbond substituents is 3. The molecule has 6 heteroatoms. The fourth-order valence-corrected chi connectivity index (χ4v) is 2.26. The third-order valence-corrected chi connectivity index (χ3v) is 3.32. The Balaban J connectivity index is 2.43. The standard InChI is InChI=1S/C16H12O6/c1-21-15-11-9(17)7-10(8-5-3-2-4-6-8)22-16(11)14(20)12(18)13(15)19/h2-7,18-20H,1H3. The number of methoxy groups -OCH3 is 1. The molecular weight excluding hydrogens is 288 g/mol. The molecule has 0 spiro atoms. The number of hydrogen-bond acceptors (Lipinski definition) is 6. The minimum absolute atomic E-state index is 0.144. The second-order valence-corrected chi connectivity index (χ2v) is 4.62. The second-order valence-electron chi connectivity index (χ2n) is 4.62. The first kappa shape index (κ1) is 13.8. The maximum atomic E-state index is 12.3. The fraction of sp³-hybridized carbons (Fsp3) is 0.0625. The highest BCUT2D eigenvalue weighted by molar-refractivity contribution is 5.94. The molecule has 0 radical (unpaired) electrons. The molecule has 3 N–H and O–H groups in total. The molecule has 0 bridgehead atoms. The van der Waals surface area contributed by atoms with Crippen molar-refractivity contribution in [1.82, 2.24) is 0 Å². The molecule has 0 amide bonds. The van der Waals surface area contributed by atoms with Gasteiger partial charge in [0.05, 0.1) is 7.11 Å². The van der Waals surface area contributed by atoms with E-state index in [4.69, 9.17) is 9.15 Å². The lowest BCUT2D eigenvalue weighted by Crippen LogP contribution is -2.03. The number of rotatable bonds is 2. The number of fused-ring (bicyclic) bond motifs is 1. The van der Waals surface area contributed by atoms with Gasteiger partial charge < -0.3 is 24.5 Å². The molecule has 0 aliphatic carbocycles. The molecule has 6 nitrogen and oxygen atoms in total. The Bertz CT molecular complexity index is 912. The van der Waals surface area contributed by atoms with Crippen LogP contribution >= 0.6 is 0 Å². The number of benzene rings is 2. The van der Waals surface area contributed by atoms with Gasteiger partial charge in [-0.15, -0.1) is 0 Å². The quantitative estimate of drug-likeness (QED) is 0.629. The molecule has 0 atom stereocenters. The normalized spacial score (nSPS) is 10.8. The van der Waals surface area contributed by atoms with E-state index in [-0.39, 0.29) is 22.5 Å². The summed E-state index contributed by atoms with van der Waals surface area (Å²) in [6, 6.07) is 10.1. The van der Waals surface area contributed by atoms with Crippen molar-refractivity contribution in [2.75, 3.05) is 7.11 Å². The highest BCUT2D eigenvalue weighted by Crippen LogP contribution is 2.48. The lowest BCUT2D eigenvalue weighted by atomic mass is 10.1. The largest absolute Gasteiger partial charge is 0.502 e. The molecular formula is C16H12O6. The summed E-state index contributed by atoms with van der Waals surface area (Å²) in [6.07, 6.45) is 0. The number of hydrogen-bond donors (Lipinski definition) is 3. The van der Waals surface area contributed by atoms with Crippen LogP contribution in [0.25, 0.3) is 22.3 Å². The van der Waals surface area contributed by atoms with Crippen LogP contribution < -0.4 is 10.2 Å². The van der Waals surface area contributed by atoms with Gasteiger partial charge in [-0.05, 0) is 0 Å². The van der Waals surface area contributed by atoms with Gasteiger partial charge in [-0.2, -0.15) is 0 Å². The number of ether oxygens (including phenoxy) is 1. The zero-order valence-electron chi connectivity index (χ0n) is 11.5. The molecule has 0 saturated carbocycles. The van der Waals surface area contributed by atoms with Crippen molar-refractivity contribution >= 4 is 11.0 Å². The average molecular weight is 300 g/mol. The number of phenols is 3. The van der Waals surface area contributed by atoms with Crippen LogP contribution in [0.3, 0.4) is 0 Å². The summed E-state index contributed by atoms with van der Waals surface area (Å²) in [5.74, 6) is -2.27. The smallest absolute Gasteiger partial charge is 0.208 e. The van der Waals surface area contributed by atoms with E-state index in [0.29, 0.717) is 5.56 Å². The Morgan fingerprint density at radius 3 is 2.32 bits per heavy atom. The van der Waals surface area contributed by atoms with Gasteiger partial charge in [-0.3, -0.25) is 4.79 Å². The van der Waals surface area contributed by atoms with E-state index in [1.807, 2.05) is 6.07 Å². The van der Waals surface area contributed by atoms with Crippen molar-refractivity contribution in [2.45, 2.75) is 0 Å². The van der Waals surface area contributed by atoms with Gasteiger partial charge in [0, 0.05) is 11.6 Å². The SMILES string of the molecule is COc1c(O)c(O)c(O)c2oc(-c3ccccc3)cc(=O)c12. The van der Waals surface area contributed by atoms with Gasteiger partial charge in [0.1, 0.15) is 11.1 Å². The first-order valence-corrected chi connectivity index (χ1v) is 6.38. The highest BCUT2D eigenvalue weighted by Gasteiger charge is 2.24. The van der Waals surface area contributed by atoms with E-state index in [9.17, 15) is 20.1 Å². The van der Waals surface area contributed by atoms with Gasteiger partial charge in [0.25, 0.3) is 0 Å². The molecule has 0 fully saturated rings. The molecule has 3 aromatic rings. The van der Waals surface area contributed by atoms with Crippen LogP contribution in [0.4, 0.5) is 0 Å². The lowest BCUT2D eigenvalue weighted by Gasteiger charge is -2.11. The predicted octanol–water partition coefficient (Wildman–Crippen LogP) is 2.59. The average Bonchev–Trinajstić information content (AvgIpc) is 2.54. The molecule has 1 aromatic heterocycles. The van der Waals surface area contributed by atoms with Crippen LogP contribution in [0.15, 0.2) is 45.6 Å². The molecule has 0 aliphatic heterocycles. The molecule has 1 heterocycles. The monoisotopic (exact) mass is 300 g/mol. The lowest BCUT2D eigenvalue weighted by molar-refractivity contribution is 0.337. The number of aromatic hydroxyl groups is 3. The third-order valence-electron chi connectivity index (χ3n) is 3.32. The van der Waals surface area contributed by atoms with E-state index < -0.39 is 22.7 Å². The molecule has 22 heavy (non-hydrogen) atoms. The van der Waals surface area contributed by atoms with Crippen molar-refractivity contribution in [3.63, 3.8) is 0 Å². The second kappa shape index (κ2) is 5.00. The zero-order valence-corrected chi connectivity index (χ0v) is 11.5. The van der Waals surface area contributed by atoms with Crippen LogP contribution in [0, 0.1) is 0 Å². The van der Waals surface area contributed by atoms with Crippen molar-refractivity contribution in [1.29, 1.82) is 0 Å². The van der Waals surface area contributed by atoms with Crippen LogP contribution in [0.2, 0.25) is 0 Å². The third kappa shape index (κ3) is 1.93. The van der Waals surface area contributed by atoms with Crippen molar-refractivity contribution < 1.29 is 24.5 Å².